The number of pyridine rings is 1. The third-order valence-corrected chi connectivity index (χ3v) is 4.72. The fourth-order valence-corrected chi connectivity index (χ4v) is 3.20. The molecule has 136 valence electrons. The van der Waals surface area contributed by atoms with E-state index in [0.717, 1.165) is 48.8 Å². The number of morpholine rings is 1. The molecular formula is C22H20N2O3. The zero-order valence-corrected chi connectivity index (χ0v) is 14.8. The van der Waals surface area contributed by atoms with Crippen LogP contribution in [0.3, 0.4) is 0 Å². The Kier molecular flexibility index (Phi) is 4.85. The Morgan fingerprint density at radius 3 is 1.96 bits per heavy atom. The van der Waals surface area contributed by atoms with Gasteiger partial charge in [0.1, 0.15) is 0 Å². The average molecular weight is 360 g/mol. The van der Waals surface area contributed by atoms with Gasteiger partial charge in [0.05, 0.1) is 30.2 Å². The first-order chi connectivity index (χ1) is 13.2. The zero-order chi connectivity index (χ0) is 18.6. The number of carbonyl (C=O) groups is 1. The molecule has 4 rings (SSSR count). The Labute approximate surface area is 157 Å². The van der Waals surface area contributed by atoms with E-state index < -0.39 is 5.97 Å². The van der Waals surface area contributed by atoms with Crippen LogP contribution in [0.25, 0.3) is 22.5 Å². The summed E-state index contributed by atoms with van der Waals surface area (Å²) in [5.41, 5.74) is 5.13. The van der Waals surface area contributed by atoms with Crippen molar-refractivity contribution in [2.75, 3.05) is 31.2 Å². The molecule has 0 spiro atoms. The van der Waals surface area contributed by atoms with E-state index in [1.54, 1.807) is 24.3 Å². The van der Waals surface area contributed by atoms with Crippen LogP contribution in [-0.2, 0) is 4.74 Å². The van der Waals surface area contributed by atoms with Gasteiger partial charge in [0, 0.05) is 29.9 Å². The second-order valence-corrected chi connectivity index (χ2v) is 6.44. The quantitative estimate of drug-likeness (QED) is 0.763. The molecule has 27 heavy (non-hydrogen) atoms. The van der Waals surface area contributed by atoms with E-state index in [-0.39, 0.29) is 5.56 Å². The molecule has 0 atom stereocenters. The maximum atomic E-state index is 11.0. The SMILES string of the molecule is O=C(O)c1ccc(-c2cccc(-c3ccc(N4CCOCC4)cc3)n2)cc1. The lowest BCUT2D eigenvalue weighted by molar-refractivity contribution is 0.0697. The highest BCUT2D eigenvalue weighted by molar-refractivity contribution is 5.88. The molecule has 0 amide bonds. The third-order valence-electron chi connectivity index (χ3n) is 4.72. The fraction of sp³-hybridized carbons (Fsp3) is 0.182. The van der Waals surface area contributed by atoms with Crippen molar-refractivity contribution in [2.24, 2.45) is 0 Å². The van der Waals surface area contributed by atoms with E-state index in [1.165, 1.54) is 5.69 Å². The van der Waals surface area contributed by atoms with Crippen LogP contribution < -0.4 is 4.90 Å². The Morgan fingerprint density at radius 2 is 1.41 bits per heavy atom. The molecule has 1 N–H and O–H groups in total. The number of nitrogens with zero attached hydrogens (tertiary/aromatic N) is 2. The van der Waals surface area contributed by atoms with Crippen molar-refractivity contribution < 1.29 is 14.6 Å². The smallest absolute Gasteiger partial charge is 0.335 e. The van der Waals surface area contributed by atoms with Gasteiger partial charge in [-0.05, 0) is 36.4 Å². The number of rotatable bonds is 4. The molecule has 0 saturated carbocycles. The van der Waals surface area contributed by atoms with E-state index in [1.807, 2.05) is 18.2 Å². The molecule has 0 aliphatic carbocycles. The minimum absolute atomic E-state index is 0.272. The number of carboxylic acid groups (broad SMARTS) is 1. The Morgan fingerprint density at radius 1 is 0.852 bits per heavy atom. The van der Waals surface area contributed by atoms with Crippen molar-refractivity contribution in [3.8, 4) is 22.5 Å². The molecule has 5 heteroatoms. The molecule has 1 aliphatic heterocycles. The number of benzene rings is 2. The summed E-state index contributed by atoms with van der Waals surface area (Å²) in [7, 11) is 0. The van der Waals surface area contributed by atoms with E-state index in [2.05, 4.69) is 29.2 Å². The summed E-state index contributed by atoms with van der Waals surface area (Å²) < 4.78 is 5.41. The summed E-state index contributed by atoms with van der Waals surface area (Å²) in [5.74, 6) is -0.927. The minimum atomic E-state index is -0.927. The number of hydrogen-bond acceptors (Lipinski definition) is 4. The molecule has 0 radical (unpaired) electrons. The highest BCUT2D eigenvalue weighted by Gasteiger charge is 2.11. The van der Waals surface area contributed by atoms with Gasteiger partial charge in [-0.2, -0.15) is 0 Å². The molecule has 5 nitrogen and oxygen atoms in total. The first-order valence-corrected chi connectivity index (χ1v) is 8.95. The van der Waals surface area contributed by atoms with Gasteiger partial charge < -0.3 is 14.7 Å². The number of ether oxygens (including phenoxy) is 1. The van der Waals surface area contributed by atoms with Crippen molar-refractivity contribution in [1.82, 2.24) is 4.98 Å². The predicted molar refractivity (Wildman–Crippen MR) is 105 cm³/mol. The summed E-state index contributed by atoms with van der Waals surface area (Å²) in [6.07, 6.45) is 0. The first kappa shape index (κ1) is 17.2. The maximum Gasteiger partial charge on any atom is 0.335 e. The monoisotopic (exact) mass is 360 g/mol. The van der Waals surface area contributed by atoms with Crippen molar-refractivity contribution in [3.05, 3.63) is 72.3 Å². The van der Waals surface area contributed by atoms with E-state index in [0.29, 0.717) is 0 Å². The van der Waals surface area contributed by atoms with Gasteiger partial charge >= 0.3 is 5.97 Å². The van der Waals surface area contributed by atoms with E-state index >= 15 is 0 Å². The topological polar surface area (TPSA) is 62.7 Å². The van der Waals surface area contributed by atoms with Crippen molar-refractivity contribution in [3.63, 3.8) is 0 Å². The van der Waals surface area contributed by atoms with Crippen LogP contribution >= 0.6 is 0 Å². The van der Waals surface area contributed by atoms with Gasteiger partial charge in [-0.3, -0.25) is 0 Å². The zero-order valence-electron chi connectivity index (χ0n) is 14.8. The predicted octanol–water partition coefficient (Wildman–Crippen LogP) is 3.95. The largest absolute Gasteiger partial charge is 0.478 e. The van der Waals surface area contributed by atoms with Crippen molar-refractivity contribution >= 4 is 11.7 Å². The second-order valence-electron chi connectivity index (χ2n) is 6.44. The molecule has 1 saturated heterocycles. The minimum Gasteiger partial charge on any atom is -0.478 e. The fourth-order valence-electron chi connectivity index (χ4n) is 3.20. The molecule has 0 unspecified atom stereocenters. The lowest BCUT2D eigenvalue weighted by atomic mass is 10.1. The van der Waals surface area contributed by atoms with Crippen molar-refractivity contribution in [1.29, 1.82) is 0 Å². The van der Waals surface area contributed by atoms with Crippen LogP contribution in [0.5, 0.6) is 0 Å². The van der Waals surface area contributed by atoms with Gasteiger partial charge in [-0.15, -0.1) is 0 Å². The summed E-state index contributed by atoms with van der Waals surface area (Å²) in [4.78, 5) is 18.1. The number of hydrogen-bond donors (Lipinski definition) is 1. The van der Waals surface area contributed by atoms with Crippen LogP contribution in [-0.4, -0.2) is 42.4 Å². The standard InChI is InChI=1S/C22H20N2O3/c25-22(26)18-6-4-16(5-7-18)20-2-1-3-21(23-20)17-8-10-19(11-9-17)24-12-14-27-15-13-24/h1-11H,12-15H2,(H,25,26). The Hall–Kier alpha value is -3.18. The summed E-state index contributed by atoms with van der Waals surface area (Å²) in [6.45, 7) is 3.37. The molecule has 2 aromatic carbocycles. The van der Waals surface area contributed by atoms with Gasteiger partial charge in [0.25, 0.3) is 0 Å². The lowest BCUT2D eigenvalue weighted by Crippen LogP contribution is -2.36. The number of anilines is 1. The number of aromatic nitrogens is 1. The van der Waals surface area contributed by atoms with Crippen LogP contribution in [0.2, 0.25) is 0 Å². The third kappa shape index (κ3) is 3.83. The lowest BCUT2D eigenvalue weighted by Gasteiger charge is -2.28. The van der Waals surface area contributed by atoms with Gasteiger partial charge in [0.2, 0.25) is 0 Å². The average Bonchev–Trinajstić information content (AvgIpc) is 2.75. The van der Waals surface area contributed by atoms with Crippen LogP contribution in [0.1, 0.15) is 10.4 Å². The molecule has 0 bridgehead atoms. The van der Waals surface area contributed by atoms with Crippen LogP contribution in [0.4, 0.5) is 5.69 Å². The highest BCUT2D eigenvalue weighted by Crippen LogP contribution is 2.25. The molecule has 1 aromatic heterocycles. The van der Waals surface area contributed by atoms with Crippen molar-refractivity contribution in [2.45, 2.75) is 0 Å². The van der Waals surface area contributed by atoms with Crippen LogP contribution in [0, 0.1) is 0 Å². The second kappa shape index (κ2) is 7.60. The first-order valence-electron chi connectivity index (χ1n) is 8.95. The molecule has 1 fully saturated rings. The Balaban J connectivity index is 1.57. The maximum absolute atomic E-state index is 11.0. The summed E-state index contributed by atoms with van der Waals surface area (Å²) in [5, 5.41) is 9.03. The van der Waals surface area contributed by atoms with Crippen LogP contribution in [0.15, 0.2) is 66.7 Å². The number of carboxylic acids is 1. The highest BCUT2D eigenvalue weighted by atomic mass is 16.5. The Bertz CT molecular complexity index is 931. The molecular weight excluding hydrogens is 340 g/mol. The van der Waals surface area contributed by atoms with E-state index in [4.69, 9.17) is 14.8 Å². The van der Waals surface area contributed by atoms with Gasteiger partial charge in [-0.25, -0.2) is 9.78 Å². The summed E-state index contributed by atoms with van der Waals surface area (Å²) >= 11 is 0. The summed E-state index contributed by atoms with van der Waals surface area (Å²) in [6, 6.07) is 21.1. The van der Waals surface area contributed by atoms with Gasteiger partial charge in [0.15, 0.2) is 0 Å². The number of aromatic carboxylic acids is 1. The molecule has 2 heterocycles. The van der Waals surface area contributed by atoms with E-state index in [9.17, 15) is 4.79 Å². The molecule has 3 aromatic rings. The normalized spacial score (nSPS) is 14.1. The molecule has 1 aliphatic rings. The van der Waals surface area contributed by atoms with Gasteiger partial charge in [-0.1, -0.05) is 30.3 Å².